The molecular formula is C35H33NO6. The molecule has 214 valence electrons. The summed E-state index contributed by atoms with van der Waals surface area (Å²) in [4.78, 5) is 27.2. The molecule has 4 aromatic carbocycles. The van der Waals surface area contributed by atoms with Gasteiger partial charge >= 0.3 is 11.9 Å². The maximum atomic E-state index is 12.2. The second-order valence-electron chi connectivity index (χ2n) is 10.1. The van der Waals surface area contributed by atoms with Gasteiger partial charge in [-0.1, -0.05) is 43.3 Å². The molecule has 1 atom stereocenters. The number of benzene rings is 4. The first-order valence-corrected chi connectivity index (χ1v) is 13.9. The zero-order valence-electron chi connectivity index (χ0n) is 23.7. The molecule has 0 aliphatic heterocycles. The molecule has 5 aromatic rings. The minimum atomic E-state index is -0.393. The van der Waals surface area contributed by atoms with Crippen LogP contribution in [0.2, 0.25) is 0 Å². The number of aromatic nitrogens is 1. The fourth-order valence-corrected chi connectivity index (χ4v) is 4.56. The van der Waals surface area contributed by atoms with Gasteiger partial charge in [-0.2, -0.15) is 0 Å². The first-order valence-electron chi connectivity index (χ1n) is 13.9. The predicted octanol–water partition coefficient (Wildman–Crippen LogP) is 6.91. The van der Waals surface area contributed by atoms with Gasteiger partial charge in [-0.3, -0.25) is 4.79 Å². The Kier molecular flexibility index (Phi) is 9.19. The second-order valence-corrected chi connectivity index (χ2v) is 10.1. The van der Waals surface area contributed by atoms with Crippen molar-refractivity contribution in [2.75, 3.05) is 20.3 Å². The summed E-state index contributed by atoms with van der Waals surface area (Å²) >= 11 is 0. The Bertz CT molecular complexity index is 1620. The number of carbonyl (C=O) groups excluding carboxylic acids is 2. The van der Waals surface area contributed by atoms with E-state index in [9.17, 15) is 9.59 Å². The smallest absolute Gasteiger partial charge is 0.343 e. The number of carbonyl (C=O) groups is 2. The molecule has 1 N–H and O–H groups in total. The molecule has 0 aliphatic rings. The number of H-pyrrole nitrogens is 1. The highest BCUT2D eigenvalue weighted by Gasteiger charge is 2.10. The van der Waals surface area contributed by atoms with E-state index < -0.39 is 5.97 Å². The molecule has 7 nitrogen and oxygen atoms in total. The SMILES string of the molecule is COC(=O)Cc1ccc2[nH]c(CCOc3ccc(C(C)COc4ccc(OC(=O)c5ccccc5)cc4)cc3)cc2c1. The summed E-state index contributed by atoms with van der Waals surface area (Å²) in [6.45, 7) is 3.15. The molecule has 5 rings (SSSR count). The lowest BCUT2D eigenvalue weighted by Gasteiger charge is -2.15. The van der Waals surface area contributed by atoms with Crippen LogP contribution < -0.4 is 14.2 Å². The summed E-state index contributed by atoms with van der Waals surface area (Å²) in [6.07, 6.45) is 0.995. The highest BCUT2D eigenvalue weighted by Crippen LogP contribution is 2.24. The van der Waals surface area contributed by atoms with E-state index in [4.69, 9.17) is 18.9 Å². The average molecular weight is 564 g/mol. The molecule has 0 bridgehead atoms. The fourth-order valence-electron chi connectivity index (χ4n) is 4.56. The summed E-state index contributed by atoms with van der Waals surface area (Å²) in [7, 11) is 1.40. The second kappa shape index (κ2) is 13.5. The van der Waals surface area contributed by atoms with E-state index in [0.717, 1.165) is 39.9 Å². The van der Waals surface area contributed by atoms with E-state index in [1.807, 2.05) is 36.4 Å². The quantitative estimate of drug-likeness (QED) is 0.131. The number of aromatic amines is 1. The molecule has 42 heavy (non-hydrogen) atoms. The molecular weight excluding hydrogens is 530 g/mol. The third kappa shape index (κ3) is 7.57. The predicted molar refractivity (Wildman–Crippen MR) is 161 cm³/mol. The van der Waals surface area contributed by atoms with Crippen molar-refractivity contribution in [3.05, 3.63) is 126 Å². The average Bonchev–Trinajstić information content (AvgIpc) is 3.43. The van der Waals surface area contributed by atoms with Gasteiger partial charge in [0.05, 0.1) is 32.3 Å². The van der Waals surface area contributed by atoms with E-state index in [-0.39, 0.29) is 18.3 Å². The molecule has 1 aromatic heterocycles. The van der Waals surface area contributed by atoms with E-state index >= 15 is 0 Å². The molecule has 0 amide bonds. The molecule has 0 saturated heterocycles. The van der Waals surface area contributed by atoms with Crippen LogP contribution in [0, 0.1) is 0 Å². The lowest BCUT2D eigenvalue weighted by molar-refractivity contribution is -0.139. The van der Waals surface area contributed by atoms with Crippen LogP contribution in [0.1, 0.15) is 40.0 Å². The monoisotopic (exact) mass is 563 g/mol. The number of methoxy groups -OCH3 is 1. The van der Waals surface area contributed by atoms with Crippen molar-refractivity contribution in [2.24, 2.45) is 0 Å². The highest BCUT2D eigenvalue weighted by atomic mass is 16.5. The van der Waals surface area contributed by atoms with Crippen LogP contribution in [0.4, 0.5) is 0 Å². The minimum absolute atomic E-state index is 0.171. The van der Waals surface area contributed by atoms with Gasteiger partial charge < -0.3 is 23.9 Å². The van der Waals surface area contributed by atoms with Crippen LogP contribution in [0.5, 0.6) is 17.2 Å². The molecule has 1 heterocycles. The number of esters is 2. The van der Waals surface area contributed by atoms with Crippen molar-refractivity contribution in [2.45, 2.75) is 25.7 Å². The van der Waals surface area contributed by atoms with Gasteiger partial charge in [0.2, 0.25) is 0 Å². The van der Waals surface area contributed by atoms with Gasteiger partial charge in [-0.05, 0) is 83.2 Å². The zero-order chi connectivity index (χ0) is 29.3. The normalized spacial score (nSPS) is 11.6. The molecule has 0 aliphatic carbocycles. The Morgan fingerprint density at radius 3 is 2.21 bits per heavy atom. The molecule has 0 radical (unpaired) electrons. The fraction of sp³-hybridized carbons (Fsp3) is 0.200. The van der Waals surface area contributed by atoms with E-state index in [1.54, 1.807) is 48.5 Å². The van der Waals surface area contributed by atoms with Crippen LogP contribution in [-0.2, 0) is 22.4 Å². The minimum Gasteiger partial charge on any atom is -0.493 e. The topological polar surface area (TPSA) is 86.9 Å². The number of ether oxygens (including phenoxy) is 4. The number of fused-ring (bicyclic) bond motifs is 1. The Balaban J connectivity index is 1.06. The van der Waals surface area contributed by atoms with Crippen molar-refractivity contribution in [1.29, 1.82) is 0 Å². The van der Waals surface area contributed by atoms with Crippen molar-refractivity contribution in [3.63, 3.8) is 0 Å². The molecule has 0 saturated carbocycles. The lowest BCUT2D eigenvalue weighted by Crippen LogP contribution is -2.09. The largest absolute Gasteiger partial charge is 0.493 e. The summed E-state index contributed by atoms with van der Waals surface area (Å²) in [5, 5.41) is 1.06. The summed E-state index contributed by atoms with van der Waals surface area (Å²) < 4.78 is 22.1. The van der Waals surface area contributed by atoms with Crippen LogP contribution >= 0.6 is 0 Å². The number of nitrogens with one attached hydrogen (secondary N) is 1. The van der Waals surface area contributed by atoms with Gasteiger partial charge in [0.15, 0.2) is 0 Å². The first-order chi connectivity index (χ1) is 20.5. The molecule has 0 spiro atoms. The Morgan fingerprint density at radius 1 is 0.786 bits per heavy atom. The van der Waals surface area contributed by atoms with Crippen molar-refractivity contribution in [1.82, 2.24) is 4.98 Å². The van der Waals surface area contributed by atoms with Gasteiger partial charge in [0, 0.05) is 23.5 Å². The van der Waals surface area contributed by atoms with Gasteiger partial charge in [-0.25, -0.2) is 4.79 Å². The standard InChI is InChI=1S/C35H33NO6/c1-24(23-41-31-13-15-32(16-14-31)42-35(38)27-6-4-3-5-7-27)26-9-11-30(12-10-26)40-19-18-29-22-28-20-25(21-34(37)39-2)8-17-33(28)36-29/h3-17,20,22,24,36H,18-19,21,23H2,1-2H3. The van der Waals surface area contributed by atoms with Crippen molar-refractivity contribution in [3.8, 4) is 17.2 Å². The van der Waals surface area contributed by atoms with Gasteiger partial charge in [-0.15, -0.1) is 0 Å². The van der Waals surface area contributed by atoms with Gasteiger partial charge in [0.25, 0.3) is 0 Å². The Hall–Kier alpha value is -5.04. The summed E-state index contributed by atoms with van der Waals surface area (Å²) in [5.74, 6) is 1.51. The number of hydrogen-bond donors (Lipinski definition) is 1. The third-order valence-corrected chi connectivity index (χ3v) is 6.95. The summed E-state index contributed by atoms with van der Waals surface area (Å²) in [5.41, 5.74) is 4.68. The maximum Gasteiger partial charge on any atom is 0.343 e. The molecule has 1 unspecified atom stereocenters. The lowest BCUT2D eigenvalue weighted by atomic mass is 10.0. The maximum absolute atomic E-state index is 12.2. The number of hydrogen-bond acceptors (Lipinski definition) is 6. The first kappa shape index (κ1) is 28.5. The van der Waals surface area contributed by atoms with E-state index in [1.165, 1.54) is 7.11 Å². The summed E-state index contributed by atoms with van der Waals surface area (Å²) in [6, 6.07) is 32.0. The Morgan fingerprint density at radius 2 is 1.48 bits per heavy atom. The van der Waals surface area contributed by atoms with E-state index in [2.05, 4.69) is 30.1 Å². The van der Waals surface area contributed by atoms with E-state index in [0.29, 0.717) is 30.3 Å². The highest BCUT2D eigenvalue weighted by molar-refractivity contribution is 5.91. The van der Waals surface area contributed by atoms with Crippen LogP contribution in [0.25, 0.3) is 10.9 Å². The number of rotatable bonds is 12. The van der Waals surface area contributed by atoms with Crippen LogP contribution in [0.15, 0.2) is 103 Å². The zero-order valence-corrected chi connectivity index (χ0v) is 23.7. The molecule has 0 fully saturated rings. The molecule has 7 heteroatoms. The van der Waals surface area contributed by atoms with Crippen LogP contribution in [-0.4, -0.2) is 37.2 Å². The van der Waals surface area contributed by atoms with Crippen molar-refractivity contribution >= 4 is 22.8 Å². The Labute approximate surface area is 245 Å². The van der Waals surface area contributed by atoms with Crippen LogP contribution in [0.3, 0.4) is 0 Å². The van der Waals surface area contributed by atoms with Gasteiger partial charge in [0.1, 0.15) is 17.2 Å². The third-order valence-electron chi connectivity index (χ3n) is 6.95. The van der Waals surface area contributed by atoms with Crippen molar-refractivity contribution < 1.29 is 28.5 Å².